The number of nitrogens with zero attached hydrogens (tertiary/aromatic N) is 2. The van der Waals surface area contributed by atoms with Crippen molar-refractivity contribution in [3.8, 4) is 0 Å². The molecule has 0 atom stereocenters. The van der Waals surface area contributed by atoms with Gasteiger partial charge < -0.3 is 10.1 Å². The molecule has 0 aromatic carbocycles. The van der Waals surface area contributed by atoms with Gasteiger partial charge in [0.05, 0.1) is 0 Å². The molecule has 1 fully saturated rings. The highest BCUT2D eigenvalue weighted by atomic mass is 16.6. The zero-order valence-corrected chi connectivity index (χ0v) is 16.5. The van der Waals surface area contributed by atoms with E-state index in [-0.39, 0.29) is 5.91 Å². The predicted octanol–water partition coefficient (Wildman–Crippen LogP) is 3.79. The Morgan fingerprint density at radius 3 is 2.36 bits per heavy atom. The molecule has 1 rings (SSSR count). The lowest BCUT2D eigenvalue weighted by molar-refractivity contribution is -0.115. The van der Waals surface area contributed by atoms with Crippen LogP contribution in [-0.4, -0.2) is 41.3 Å². The Bertz CT molecular complexity index is 594. The Morgan fingerprint density at radius 2 is 1.88 bits per heavy atom. The SMILES string of the molecule is CCC(=N/C(C)=C(C)\C=C/N(C)C(=O)OC(C)(C)C)C(=O)NC1CC1. The van der Waals surface area contributed by atoms with Crippen molar-refractivity contribution < 1.29 is 14.3 Å². The molecule has 0 heterocycles. The second-order valence-electron chi connectivity index (χ2n) is 7.34. The molecule has 0 saturated heterocycles. The zero-order valence-electron chi connectivity index (χ0n) is 16.5. The van der Waals surface area contributed by atoms with Crippen molar-refractivity contribution in [1.29, 1.82) is 0 Å². The van der Waals surface area contributed by atoms with Gasteiger partial charge in [0.15, 0.2) is 0 Å². The Balaban J connectivity index is 2.76. The van der Waals surface area contributed by atoms with Gasteiger partial charge in [-0.25, -0.2) is 4.79 Å². The number of allylic oxidation sites excluding steroid dienone is 3. The van der Waals surface area contributed by atoms with Crippen LogP contribution in [0.15, 0.2) is 28.5 Å². The summed E-state index contributed by atoms with van der Waals surface area (Å²) in [7, 11) is 1.64. The van der Waals surface area contributed by atoms with E-state index in [1.165, 1.54) is 4.90 Å². The van der Waals surface area contributed by atoms with Gasteiger partial charge in [-0.3, -0.25) is 14.7 Å². The van der Waals surface area contributed by atoms with Gasteiger partial charge >= 0.3 is 6.09 Å². The number of amides is 2. The quantitative estimate of drug-likeness (QED) is 0.586. The van der Waals surface area contributed by atoms with Crippen LogP contribution in [0.2, 0.25) is 0 Å². The Kier molecular flexibility index (Phi) is 7.39. The molecule has 0 aliphatic heterocycles. The van der Waals surface area contributed by atoms with E-state index in [1.54, 1.807) is 19.3 Å². The highest BCUT2D eigenvalue weighted by molar-refractivity contribution is 6.39. The van der Waals surface area contributed by atoms with Gasteiger partial charge in [0, 0.05) is 25.0 Å². The molecule has 25 heavy (non-hydrogen) atoms. The maximum atomic E-state index is 12.1. The molecule has 140 valence electrons. The molecule has 0 aromatic heterocycles. The van der Waals surface area contributed by atoms with Gasteiger partial charge in [-0.1, -0.05) is 6.92 Å². The monoisotopic (exact) mass is 349 g/mol. The molecule has 0 unspecified atom stereocenters. The third kappa shape index (κ3) is 8.01. The average molecular weight is 349 g/mol. The van der Waals surface area contributed by atoms with Crippen molar-refractivity contribution in [1.82, 2.24) is 10.2 Å². The first-order chi connectivity index (χ1) is 11.5. The van der Waals surface area contributed by atoms with Crippen molar-refractivity contribution in [2.75, 3.05) is 7.05 Å². The molecule has 6 nitrogen and oxygen atoms in total. The molecule has 0 aromatic rings. The Labute approximate surface area is 151 Å². The predicted molar refractivity (Wildman–Crippen MR) is 100 cm³/mol. The number of rotatable bonds is 6. The Morgan fingerprint density at radius 1 is 1.28 bits per heavy atom. The largest absolute Gasteiger partial charge is 0.443 e. The first-order valence-corrected chi connectivity index (χ1v) is 8.73. The van der Waals surface area contributed by atoms with Gasteiger partial charge in [0.1, 0.15) is 11.3 Å². The fourth-order valence-electron chi connectivity index (χ4n) is 1.82. The second kappa shape index (κ2) is 8.83. The molecule has 0 radical (unpaired) electrons. The van der Waals surface area contributed by atoms with Gasteiger partial charge in [-0.2, -0.15) is 0 Å². The summed E-state index contributed by atoms with van der Waals surface area (Å²) in [5.74, 6) is -0.0907. The fourth-order valence-corrected chi connectivity index (χ4v) is 1.82. The minimum Gasteiger partial charge on any atom is -0.443 e. The smallest absolute Gasteiger partial charge is 0.414 e. The van der Waals surface area contributed by atoms with Crippen LogP contribution in [-0.2, 0) is 9.53 Å². The minimum atomic E-state index is -0.533. The first kappa shape index (κ1) is 20.9. The molecule has 2 amide bonds. The molecular formula is C19H31N3O3. The van der Waals surface area contributed by atoms with E-state index in [0.29, 0.717) is 18.2 Å². The van der Waals surface area contributed by atoms with Gasteiger partial charge in [0.25, 0.3) is 5.91 Å². The van der Waals surface area contributed by atoms with Crippen LogP contribution in [0.25, 0.3) is 0 Å². The van der Waals surface area contributed by atoms with Crippen LogP contribution in [0.5, 0.6) is 0 Å². The molecule has 1 aliphatic carbocycles. The molecule has 0 spiro atoms. The van der Waals surface area contributed by atoms with Gasteiger partial charge in [0.2, 0.25) is 0 Å². The van der Waals surface area contributed by atoms with Gasteiger partial charge in [-0.15, -0.1) is 0 Å². The fraction of sp³-hybridized carbons (Fsp3) is 0.632. The molecule has 6 heteroatoms. The van der Waals surface area contributed by atoms with E-state index in [4.69, 9.17) is 4.74 Å². The van der Waals surface area contributed by atoms with E-state index in [1.807, 2.05) is 41.5 Å². The minimum absolute atomic E-state index is 0.0907. The first-order valence-electron chi connectivity index (χ1n) is 8.73. The summed E-state index contributed by atoms with van der Waals surface area (Å²) in [4.78, 5) is 29.9. The van der Waals surface area contributed by atoms with Crippen molar-refractivity contribution in [2.24, 2.45) is 4.99 Å². The summed E-state index contributed by atoms with van der Waals surface area (Å²) in [6.07, 6.45) is 5.68. The summed E-state index contributed by atoms with van der Waals surface area (Å²) in [5, 5.41) is 2.96. The highest BCUT2D eigenvalue weighted by Crippen LogP contribution is 2.19. The van der Waals surface area contributed by atoms with Crippen molar-refractivity contribution in [3.05, 3.63) is 23.5 Å². The van der Waals surface area contributed by atoms with Crippen LogP contribution in [0.4, 0.5) is 4.79 Å². The topological polar surface area (TPSA) is 71.0 Å². The van der Waals surface area contributed by atoms with E-state index < -0.39 is 11.7 Å². The number of hydrogen-bond acceptors (Lipinski definition) is 4. The number of carbonyl (C=O) groups is 2. The molecule has 1 aliphatic rings. The number of carbonyl (C=O) groups excluding carboxylic acids is 2. The lowest BCUT2D eigenvalue weighted by Gasteiger charge is -2.22. The number of hydrogen-bond donors (Lipinski definition) is 1. The number of ether oxygens (including phenoxy) is 1. The highest BCUT2D eigenvalue weighted by Gasteiger charge is 2.24. The Hall–Kier alpha value is -2.11. The van der Waals surface area contributed by atoms with Crippen molar-refractivity contribution in [2.45, 2.75) is 72.4 Å². The molecule has 1 N–H and O–H groups in total. The number of nitrogens with one attached hydrogen (secondary N) is 1. The second-order valence-corrected chi connectivity index (χ2v) is 7.34. The zero-order chi connectivity index (χ0) is 19.2. The van der Waals surface area contributed by atoms with E-state index in [9.17, 15) is 9.59 Å². The van der Waals surface area contributed by atoms with Crippen LogP contribution in [0, 0.1) is 0 Å². The van der Waals surface area contributed by atoms with Crippen LogP contribution in [0.3, 0.4) is 0 Å². The summed E-state index contributed by atoms with van der Waals surface area (Å²) in [6, 6.07) is 0.317. The van der Waals surface area contributed by atoms with Crippen LogP contribution >= 0.6 is 0 Å². The lowest BCUT2D eigenvalue weighted by Crippen LogP contribution is -2.32. The van der Waals surface area contributed by atoms with Crippen LogP contribution in [0.1, 0.15) is 60.8 Å². The maximum absolute atomic E-state index is 12.1. The third-order valence-corrected chi connectivity index (χ3v) is 3.61. The van der Waals surface area contributed by atoms with E-state index in [2.05, 4.69) is 10.3 Å². The normalized spacial score (nSPS) is 16.5. The lowest BCUT2D eigenvalue weighted by atomic mass is 10.2. The summed E-state index contributed by atoms with van der Waals surface area (Å²) in [6.45, 7) is 11.1. The summed E-state index contributed by atoms with van der Waals surface area (Å²) >= 11 is 0. The standard InChI is InChI=1S/C19H31N3O3/c1-8-16(17(23)21-15-9-10-15)20-14(3)13(2)11-12-22(7)18(24)25-19(4,5)6/h11-12,15H,8-10H2,1-7H3,(H,21,23)/b12-11-,14-13-,20-16?. The van der Waals surface area contributed by atoms with Crippen molar-refractivity contribution >= 4 is 17.7 Å². The molecule has 1 saturated carbocycles. The molecular weight excluding hydrogens is 318 g/mol. The van der Waals surface area contributed by atoms with Crippen molar-refractivity contribution in [3.63, 3.8) is 0 Å². The van der Waals surface area contributed by atoms with Gasteiger partial charge in [-0.05, 0) is 65.5 Å². The summed E-state index contributed by atoms with van der Waals surface area (Å²) < 4.78 is 5.29. The molecule has 0 bridgehead atoms. The van der Waals surface area contributed by atoms with Crippen LogP contribution < -0.4 is 5.32 Å². The maximum Gasteiger partial charge on any atom is 0.414 e. The average Bonchev–Trinajstić information content (AvgIpc) is 3.31. The number of aliphatic imine (C=N–C) groups is 1. The third-order valence-electron chi connectivity index (χ3n) is 3.61. The summed E-state index contributed by atoms with van der Waals surface area (Å²) in [5.41, 5.74) is 1.62. The van der Waals surface area contributed by atoms with E-state index >= 15 is 0 Å². The van der Waals surface area contributed by atoms with E-state index in [0.717, 1.165) is 24.1 Å².